The number of piperidine rings is 1. The van der Waals surface area contributed by atoms with Gasteiger partial charge in [0.25, 0.3) is 0 Å². The number of ether oxygens (including phenoxy) is 1. The van der Waals surface area contributed by atoms with Crippen molar-refractivity contribution >= 4 is 24.0 Å². The van der Waals surface area contributed by atoms with E-state index in [1.807, 2.05) is 31.3 Å². The molecule has 1 N–H and O–H groups in total. The molecule has 1 unspecified atom stereocenters. The molecule has 1 aromatic carbocycles. The molecule has 0 bridgehead atoms. The normalized spacial score (nSPS) is 19.4. The van der Waals surface area contributed by atoms with Gasteiger partial charge in [-0.1, -0.05) is 23.7 Å². The maximum Gasteiger partial charge on any atom is 0.137 e. The Kier molecular flexibility index (Phi) is 8.31. The molecular formula is C15H24Cl2N2O. The highest BCUT2D eigenvalue weighted by atomic mass is 35.5. The SMILES string of the molecule is CNCC1CCCN(CCOc2ccccc2Cl)C1.Cl. The second-order valence-corrected chi connectivity index (χ2v) is 5.55. The van der Waals surface area contributed by atoms with Crippen molar-refractivity contribution < 1.29 is 4.74 Å². The van der Waals surface area contributed by atoms with Gasteiger partial charge in [-0.2, -0.15) is 0 Å². The summed E-state index contributed by atoms with van der Waals surface area (Å²) in [4.78, 5) is 2.49. The van der Waals surface area contributed by atoms with Gasteiger partial charge in [-0.25, -0.2) is 0 Å². The van der Waals surface area contributed by atoms with Crippen LogP contribution in [0.3, 0.4) is 0 Å². The largest absolute Gasteiger partial charge is 0.491 e. The predicted molar refractivity (Wildman–Crippen MR) is 87.3 cm³/mol. The number of benzene rings is 1. The van der Waals surface area contributed by atoms with Gasteiger partial charge in [0, 0.05) is 13.1 Å². The minimum Gasteiger partial charge on any atom is -0.491 e. The van der Waals surface area contributed by atoms with Gasteiger partial charge in [0.05, 0.1) is 5.02 Å². The molecule has 0 amide bonds. The number of likely N-dealkylation sites (tertiary alicyclic amines) is 1. The van der Waals surface area contributed by atoms with Crippen molar-refractivity contribution in [3.8, 4) is 5.75 Å². The van der Waals surface area contributed by atoms with Crippen molar-refractivity contribution in [2.24, 2.45) is 5.92 Å². The van der Waals surface area contributed by atoms with Crippen molar-refractivity contribution in [1.82, 2.24) is 10.2 Å². The summed E-state index contributed by atoms with van der Waals surface area (Å²) in [5.74, 6) is 1.56. The summed E-state index contributed by atoms with van der Waals surface area (Å²) in [5.41, 5.74) is 0. The summed E-state index contributed by atoms with van der Waals surface area (Å²) in [6, 6.07) is 7.65. The van der Waals surface area contributed by atoms with Crippen LogP contribution in [0.2, 0.25) is 5.02 Å². The Morgan fingerprint density at radius 2 is 2.20 bits per heavy atom. The lowest BCUT2D eigenvalue weighted by Crippen LogP contribution is -2.40. The Morgan fingerprint density at radius 1 is 1.40 bits per heavy atom. The third kappa shape index (κ3) is 5.49. The van der Waals surface area contributed by atoms with Crippen molar-refractivity contribution in [2.45, 2.75) is 12.8 Å². The molecule has 0 radical (unpaired) electrons. The van der Waals surface area contributed by atoms with Gasteiger partial charge in [-0.05, 0) is 51.0 Å². The number of para-hydroxylation sites is 1. The van der Waals surface area contributed by atoms with Gasteiger partial charge in [-0.3, -0.25) is 4.90 Å². The van der Waals surface area contributed by atoms with Crippen LogP contribution in [0, 0.1) is 5.92 Å². The molecule has 2 rings (SSSR count). The first kappa shape index (κ1) is 17.6. The third-order valence-corrected chi connectivity index (χ3v) is 3.91. The monoisotopic (exact) mass is 318 g/mol. The fraction of sp³-hybridized carbons (Fsp3) is 0.600. The molecule has 114 valence electrons. The Balaban J connectivity index is 0.00000200. The van der Waals surface area contributed by atoms with Gasteiger partial charge in [0.1, 0.15) is 12.4 Å². The molecule has 1 aromatic rings. The van der Waals surface area contributed by atoms with E-state index in [1.54, 1.807) is 0 Å². The zero-order valence-electron chi connectivity index (χ0n) is 12.0. The highest BCUT2D eigenvalue weighted by Gasteiger charge is 2.18. The van der Waals surface area contributed by atoms with Gasteiger partial charge in [-0.15, -0.1) is 12.4 Å². The zero-order valence-corrected chi connectivity index (χ0v) is 13.6. The summed E-state index contributed by atoms with van der Waals surface area (Å²) in [5, 5.41) is 3.96. The van der Waals surface area contributed by atoms with E-state index in [1.165, 1.54) is 25.9 Å². The van der Waals surface area contributed by atoms with Crippen molar-refractivity contribution in [1.29, 1.82) is 0 Å². The van der Waals surface area contributed by atoms with Crippen LogP contribution in [0.15, 0.2) is 24.3 Å². The van der Waals surface area contributed by atoms with E-state index in [2.05, 4.69) is 10.2 Å². The Hall–Kier alpha value is -0.480. The Labute approximate surface area is 133 Å². The minimum atomic E-state index is 0. The molecule has 0 aliphatic carbocycles. The molecule has 1 aliphatic rings. The zero-order chi connectivity index (χ0) is 13.5. The molecule has 0 aromatic heterocycles. The summed E-state index contributed by atoms with van der Waals surface area (Å²) in [6.45, 7) is 5.15. The number of rotatable bonds is 6. The van der Waals surface area contributed by atoms with Gasteiger partial charge >= 0.3 is 0 Å². The van der Waals surface area contributed by atoms with Crippen LogP contribution in [0.5, 0.6) is 5.75 Å². The highest BCUT2D eigenvalue weighted by molar-refractivity contribution is 6.32. The standard InChI is InChI=1S/C15H23ClN2O.ClH/c1-17-11-13-5-4-8-18(12-13)9-10-19-15-7-3-2-6-14(15)16;/h2-3,6-7,13,17H,4-5,8-12H2,1H3;1H. The number of halogens is 2. The van der Waals surface area contributed by atoms with Gasteiger partial charge in [0.15, 0.2) is 0 Å². The quantitative estimate of drug-likeness (QED) is 0.872. The lowest BCUT2D eigenvalue weighted by atomic mass is 9.98. The smallest absolute Gasteiger partial charge is 0.137 e. The van der Waals surface area contributed by atoms with E-state index in [0.717, 1.165) is 24.8 Å². The average Bonchev–Trinajstić information content (AvgIpc) is 2.42. The predicted octanol–water partition coefficient (Wildman–Crippen LogP) is 3.07. The molecule has 0 saturated carbocycles. The van der Waals surface area contributed by atoms with Crippen LogP contribution in [-0.4, -0.2) is 44.7 Å². The van der Waals surface area contributed by atoms with E-state index in [0.29, 0.717) is 11.6 Å². The topological polar surface area (TPSA) is 24.5 Å². The van der Waals surface area contributed by atoms with Crippen LogP contribution < -0.4 is 10.1 Å². The lowest BCUT2D eigenvalue weighted by molar-refractivity contribution is 0.146. The molecule has 3 nitrogen and oxygen atoms in total. The van der Waals surface area contributed by atoms with E-state index in [4.69, 9.17) is 16.3 Å². The van der Waals surface area contributed by atoms with Gasteiger partial charge in [0.2, 0.25) is 0 Å². The summed E-state index contributed by atoms with van der Waals surface area (Å²) in [6.07, 6.45) is 2.63. The van der Waals surface area contributed by atoms with E-state index in [-0.39, 0.29) is 12.4 Å². The van der Waals surface area contributed by atoms with E-state index >= 15 is 0 Å². The molecule has 1 saturated heterocycles. The molecule has 1 heterocycles. The van der Waals surface area contributed by atoms with Crippen LogP contribution in [-0.2, 0) is 0 Å². The first-order valence-corrected chi connectivity index (χ1v) is 7.41. The molecule has 1 atom stereocenters. The highest BCUT2D eigenvalue weighted by Crippen LogP contribution is 2.23. The summed E-state index contributed by atoms with van der Waals surface area (Å²) < 4.78 is 5.75. The number of nitrogens with zero attached hydrogens (tertiary/aromatic N) is 1. The van der Waals surface area contributed by atoms with Crippen LogP contribution >= 0.6 is 24.0 Å². The molecule has 5 heteroatoms. The molecule has 1 aliphatic heterocycles. The first-order chi connectivity index (χ1) is 9.29. The van der Waals surface area contributed by atoms with Crippen LogP contribution in [0.4, 0.5) is 0 Å². The second-order valence-electron chi connectivity index (χ2n) is 5.15. The molecule has 20 heavy (non-hydrogen) atoms. The second kappa shape index (κ2) is 9.46. The van der Waals surface area contributed by atoms with E-state index < -0.39 is 0 Å². The average molecular weight is 319 g/mol. The van der Waals surface area contributed by atoms with Crippen molar-refractivity contribution in [2.75, 3.05) is 39.8 Å². The van der Waals surface area contributed by atoms with E-state index in [9.17, 15) is 0 Å². The molecular weight excluding hydrogens is 295 g/mol. The fourth-order valence-corrected chi connectivity index (χ4v) is 2.85. The number of nitrogens with one attached hydrogen (secondary N) is 1. The van der Waals surface area contributed by atoms with Crippen LogP contribution in [0.1, 0.15) is 12.8 Å². The summed E-state index contributed by atoms with van der Waals surface area (Å²) >= 11 is 6.06. The molecule has 0 spiro atoms. The summed E-state index contributed by atoms with van der Waals surface area (Å²) in [7, 11) is 2.03. The molecule has 1 fully saturated rings. The minimum absolute atomic E-state index is 0. The fourth-order valence-electron chi connectivity index (χ4n) is 2.66. The van der Waals surface area contributed by atoms with Crippen LogP contribution in [0.25, 0.3) is 0 Å². The Bertz CT molecular complexity index is 388. The maximum absolute atomic E-state index is 6.06. The Morgan fingerprint density at radius 3 is 2.95 bits per heavy atom. The number of hydrogen-bond donors (Lipinski definition) is 1. The maximum atomic E-state index is 6.06. The first-order valence-electron chi connectivity index (χ1n) is 7.04. The number of hydrogen-bond acceptors (Lipinski definition) is 3. The third-order valence-electron chi connectivity index (χ3n) is 3.60. The van der Waals surface area contributed by atoms with Crippen molar-refractivity contribution in [3.05, 3.63) is 29.3 Å². The lowest BCUT2D eigenvalue weighted by Gasteiger charge is -2.32. The van der Waals surface area contributed by atoms with Gasteiger partial charge < -0.3 is 10.1 Å². The van der Waals surface area contributed by atoms with Crippen molar-refractivity contribution in [3.63, 3.8) is 0 Å².